The lowest BCUT2D eigenvalue weighted by molar-refractivity contribution is 0.601. The lowest BCUT2D eigenvalue weighted by Crippen LogP contribution is -1.98. The Hall–Kier alpha value is -0.000000000000000111. The minimum Gasteiger partial charge on any atom is -0.204 e. The normalized spacial score (nSPS) is 23.5. The Balaban J connectivity index is 3.02. The first kappa shape index (κ1) is 8.10. The minimum atomic E-state index is -3.32. The van der Waals surface area contributed by atoms with Crippen molar-refractivity contribution >= 4 is 37.9 Å². The second-order valence-corrected chi connectivity index (χ2v) is 4.74. The smallest absolute Gasteiger partial charge is 0.204 e. The predicted octanol–water partition coefficient (Wildman–Crippen LogP) is 1.17. The largest absolute Gasteiger partial charge is 0.258 e. The van der Waals surface area contributed by atoms with E-state index in [1.807, 2.05) is 0 Å². The molecule has 0 aliphatic carbocycles. The zero-order chi connectivity index (χ0) is 7.61. The number of hydrogen-bond donors (Lipinski definition) is 0. The molecular formula is C4H4ClNO2S2. The van der Waals surface area contributed by atoms with Crippen molar-refractivity contribution in [3.63, 3.8) is 0 Å². The highest BCUT2D eigenvalue weighted by Gasteiger charge is 2.09. The maximum atomic E-state index is 10.7. The fraction of sp³-hybridized carbons (Fsp3) is 0.250. The van der Waals surface area contributed by atoms with Crippen LogP contribution in [0.2, 0.25) is 0 Å². The van der Waals surface area contributed by atoms with Crippen LogP contribution in [0.25, 0.3) is 0 Å². The summed E-state index contributed by atoms with van der Waals surface area (Å²) in [5.41, 5.74) is 0. The highest BCUT2D eigenvalue weighted by atomic mass is 35.5. The Kier molecular flexibility index (Phi) is 2.38. The molecule has 1 rings (SSSR count). The van der Waals surface area contributed by atoms with Crippen LogP contribution < -0.4 is 0 Å². The van der Waals surface area contributed by atoms with Gasteiger partial charge in [0.05, 0.1) is 5.75 Å². The SMILES string of the molecule is O=S1(=O)CC=CSC(Cl)=N1. The molecule has 0 amide bonds. The van der Waals surface area contributed by atoms with Crippen molar-refractivity contribution in [3.8, 4) is 0 Å². The molecule has 0 aromatic carbocycles. The van der Waals surface area contributed by atoms with Crippen LogP contribution in [0.4, 0.5) is 0 Å². The molecule has 0 fully saturated rings. The second-order valence-electron chi connectivity index (χ2n) is 1.58. The van der Waals surface area contributed by atoms with Gasteiger partial charge in [-0.3, -0.25) is 0 Å². The maximum absolute atomic E-state index is 10.7. The van der Waals surface area contributed by atoms with Crippen molar-refractivity contribution in [2.75, 3.05) is 5.75 Å². The first-order chi connectivity index (χ1) is 4.60. The Morgan fingerprint density at radius 3 is 3.10 bits per heavy atom. The van der Waals surface area contributed by atoms with E-state index >= 15 is 0 Å². The molecule has 0 aromatic heterocycles. The summed E-state index contributed by atoms with van der Waals surface area (Å²) in [5, 5.41) is 1.61. The van der Waals surface area contributed by atoms with Gasteiger partial charge in [0.2, 0.25) is 0 Å². The van der Waals surface area contributed by atoms with Gasteiger partial charge in [0.1, 0.15) is 0 Å². The van der Waals surface area contributed by atoms with Crippen molar-refractivity contribution < 1.29 is 8.42 Å². The third kappa shape index (κ3) is 2.32. The monoisotopic (exact) mass is 197 g/mol. The highest BCUT2D eigenvalue weighted by Crippen LogP contribution is 2.15. The zero-order valence-electron chi connectivity index (χ0n) is 4.82. The van der Waals surface area contributed by atoms with Gasteiger partial charge in [-0.15, -0.1) is 4.40 Å². The predicted molar refractivity (Wildman–Crippen MR) is 43.8 cm³/mol. The average Bonchev–Trinajstić information content (AvgIpc) is 1.90. The number of hydrogen-bond acceptors (Lipinski definition) is 3. The molecule has 3 nitrogen and oxygen atoms in total. The molecule has 0 atom stereocenters. The molecule has 1 aliphatic rings. The van der Waals surface area contributed by atoms with Crippen LogP contribution in [0.1, 0.15) is 0 Å². The van der Waals surface area contributed by atoms with Crippen molar-refractivity contribution in [1.82, 2.24) is 0 Å². The van der Waals surface area contributed by atoms with Crippen LogP contribution in [-0.4, -0.2) is 18.7 Å². The third-order valence-corrected chi connectivity index (χ3v) is 3.04. The van der Waals surface area contributed by atoms with Crippen LogP contribution in [-0.2, 0) is 10.0 Å². The van der Waals surface area contributed by atoms with E-state index in [0.717, 1.165) is 11.8 Å². The number of nitrogens with zero attached hydrogens (tertiary/aromatic N) is 1. The summed E-state index contributed by atoms with van der Waals surface area (Å²) < 4.78 is 24.8. The van der Waals surface area contributed by atoms with E-state index in [4.69, 9.17) is 11.6 Å². The van der Waals surface area contributed by atoms with Crippen LogP contribution >= 0.6 is 23.4 Å². The average molecular weight is 198 g/mol. The number of halogens is 1. The molecule has 56 valence electrons. The Morgan fingerprint density at radius 1 is 1.70 bits per heavy atom. The van der Waals surface area contributed by atoms with Crippen molar-refractivity contribution in [1.29, 1.82) is 0 Å². The lowest BCUT2D eigenvalue weighted by Gasteiger charge is -1.88. The first-order valence-corrected chi connectivity index (χ1v) is 5.27. The molecule has 0 unspecified atom stereocenters. The molecule has 0 radical (unpaired) electrons. The van der Waals surface area contributed by atoms with E-state index < -0.39 is 10.0 Å². The van der Waals surface area contributed by atoms with Gasteiger partial charge in [0.25, 0.3) is 10.0 Å². The van der Waals surface area contributed by atoms with E-state index in [2.05, 4.69) is 4.40 Å². The quantitative estimate of drug-likeness (QED) is 0.586. The Bertz CT molecular complexity index is 280. The van der Waals surface area contributed by atoms with Gasteiger partial charge in [0.15, 0.2) is 4.50 Å². The molecule has 0 saturated carbocycles. The molecule has 1 aliphatic heterocycles. The van der Waals surface area contributed by atoms with Gasteiger partial charge < -0.3 is 0 Å². The van der Waals surface area contributed by atoms with E-state index in [1.165, 1.54) is 6.08 Å². The standard InChI is InChI=1S/C4H4ClNO2S2/c5-4-6-10(7,8)3-1-2-9-4/h1-2H,3H2. The summed E-state index contributed by atoms with van der Waals surface area (Å²) in [6, 6.07) is 0. The molecule has 0 aromatic rings. The van der Waals surface area contributed by atoms with Gasteiger partial charge in [-0.25, -0.2) is 8.42 Å². The summed E-state index contributed by atoms with van der Waals surface area (Å²) in [7, 11) is -3.32. The van der Waals surface area contributed by atoms with Gasteiger partial charge in [0, 0.05) is 0 Å². The summed E-state index contributed by atoms with van der Waals surface area (Å²) in [4.78, 5) is 0. The number of thioether (sulfide) groups is 1. The molecule has 6 heteroatoms. The molecule has 0 bridgehead atoms. The van der Waals surface area contributed by atoms with Gasteiger partial charge >= 0.3 is 0 Å². The lowest BCUT2D eigenvalue weighted by atomic mass is 10.8. The summed E-state index contributed by atoms with van der Waals surface area (Å²) in [5.74, 6) is -0.0593. The molecular weight excluding hydrogens is 194 g/mol. The van der Waals surface area contributed by atoms with Crippen molar-refractivity contribution in [3.05, 3.63) is 11.5 Å². The van der Waals surface area contributed by atoms with Gasteiger partial charge in [-0.1, -0.05) is 29.4 Å². The number of rotatable bonds is 0. The Labute approximate surface area is 68.2 Å². The topological polar surface area (TPSA) is 46.5 Å². The van der Waals surface area contributed by atoms with Gasteiger partial charge in [-0.05, 0) is 5.41 Å². The molecule has 0 saturated heterocycles. The fourth-order valence-corrected chi connectivity index (χ4v) is 2.48. The first-order valence-electron chi connectivity index (χ1n) is 2.40. The maximum Gasteiger partial charge on any atom is 0.258 e. The van der Waals surface area contributed by atoms with Gasteiger partial charge in [-0.2, -0.15) is 0 Å². The highest BCUT2D eigenvalue weighted by molar-refractivity contribution is 8.19. The van der Waals surface area contributed by atoms with Crippen LogP contribution in [0.3, 0.4) is 0 Å². The molecule has 0 N–H and O–H groups in total. The fourth-order valence-electron chi connectivity index (χ4n) is 0.433. The summed E-state index contributed by atoms with van der Waals surface area (Å²) in [6.07, 6.45) is 1.51. The van der Waals surface area contributed by atoms with Crippen LogP contribution in [0.15, 0.2) is 15.9 Å². The molecule has 10 heavy (non-hydrogen) atoms. The molecule has 1 heterocycles. The minimum absolute atomic E-state index is 0.0498. The van der Waals surface area contributed by atoms with E-state index in [0.29, 0.717) is 0 Å². The Morgan fingerprint density at radius 2 is 2.40 bits per heavy atom. The van der Waals surface area contributed by atoms with Crippen LogP contribution in [0, 0.1) is 0 Å². The second kappa shape index (κ2) is 2.94. The summed E-state index contributed by atoms with van der Waals surface area (Å²) in [6.45, 7) is 0. The number of sulfonamides is 1. The summed E-state index contributed by atoms with van der Waals surface area (Å²) >= 11 is 6.49. The van der Waals surface area contributed by atoms with Crippen molar-refractivity contribution in [2.45, 2.75) is 0 Å². The third-order valence-electron chi connectivity index (χ3n) is 0.779. The van der Waals surface area contributed by atoms with Crippen LogP contribution in [0.5, 0.6) is 0 Å². The molecule has 0 spiro atoms. The van der Waals surface area contributed by atoms with E-state index in [9.17, 15) is 8.42 Å². The zero-order valence-corrected chi connectivity index (χ0v) is 7.21. The van der Waals surface area contributed by atoms with Crippen molar-refractivity contribution in [2.24, 2.45) is 4.40 Å². The van der Waals surface area contributed by atoms with E-state index in [-0.39, 0.29) is 10.3 Å². The van der Waals surface area contributed by atoms with E-state index in [1.54, 1.807) is 5.41 Å².